The molecule has 0 aliphatic heterocycles. The van der Waals surface area contributed by atoms with Crippen LogP contribution in [0.15, 0.2) is 4.34 Å². The molecule has 0 bridgehead atoms. The largest absolute Gasteiger partial charge is 0.313 e. The van der Waals surface area contributed by atoms with Gasteiger partial charge in [0.15, 0.2) is 4.34 Å². The van der Waals surface area contributed by atoms with Gasteiger partial charge in [0.25, 0.3) is 0 Å². The quantitative estimate of drug-likeness (QED) is 0.880. The molecule has 2 unspecified atom stereocenters. The summed E-state index contributed by atoms with van der Waals surface area (Å²) in [5.74, 6) is 0.906. The van der Waals surface area contributed by atoms with Gasteiger partial charge in [0, 0.05) is 11.3 Å². The van der Waals surface area contributed by atoms with Gasteiger partial charge >= 0.3 is 0 Å². The third kappa shape index (κ3) is 3.18. The average molecular weight is 257 g/mol. The number of nitrogens with zero attached hydrogens (tertiary/aromatic N) is 2. The highest BCUT2D eigenvalue weighted by Gasteiger charge is 2.28. The molecule has 1 aliphatic carbocycles. The van der Waals surface area contributed by atoms with E-state index >= 15 is 0 Å². The number of rotatable bonds is 5. The predicted octanol–water partition coefficient (Wildman–Crippen LogP) is 2.86. The fourth-order valence-corrected chi connectivity index (χ4v) is 4.29. The fourth-order valence-electron chi connectivity index (χ4n) is 2.09. The van der Waals surface area contributed by atoms with E-state index < -0.39 is 0 Å². The number of thioether (sulfide) groups is 1. The Hall–Kier alpha value is -0.130. The first-order chi connectivity index (χ1) is 7.79. The Morgan fingerprint density at radius 3 is 3.06 bits per heavy atom. The van der Waals surface area contributed by atoms with Gasteiger partial charge in [-0.2, -0.15) is 4.37 Å². The molecule has 0 aromatic carbocycles. The Labute approximate surface area is 106 Å². The lowest BCUT2D eigenvalue weighted by molar-refractivity contribution is 0.531. The number of hydrogen-bond donors (Lipinski definition) is 1. The molecule has 1 N–H and O–H groups in total. The Morgan fingerprint density at radius 2 is 2.38 bits per heavy atom. The van der Waals surface area contributed by atoms with Gasteiger partial charge in [-0.1, -0.05) is 25.1 Å². The molecule has 0 radical (unpaired) electrons. The van der Waals surface area contributed by atoms with E-state index in [4.69, 9.17) is 0 Å². The van der Waals surface area contributed by atoms with Crippen LogP contribution in [-0.2, 0) is 0 Å². The molecular weight excluding hydrogens is 238 g/mol. The third-order valence-corrected chi connectivity index (χ3v) is 5.15. The Bertz CT molecular complexity index is 327. The Kier molecular flexibility index (Phi) is 4.61. The van der Waals surface area contributed by atoms with Crippen LogP contribution in [0.25, 0.3) is 0 Å². The van der Waals surface area contributed by atoms with Gasteiger partial charge in [0.05, 0.1) is 0 Å². The zero-order chi connectivity index (χ0) is 11.4. The normalized spacial score (nSPS) is 25.1. The molecule has 1 aromatic rings. The Balaban J connectivity index is 1.88. The molecule has 1 saturated carbocycles. The van der Waals surface area contributed by atoms with Crippen LogP contribution in [0.2, 0.25) is 0 Å². The van der Waals surface area contributed by atoms with E-state index in [9.17, 15) is 0 Å². The summed E-state index contributed by atoms with van der Waals surface area (Å²) >= 11 is 3.45. The van der Waals surface area contributed by atoms with Gasteiger partial charge in [0.2, 0.25) is 0 Å². The van der Waals surface area contributed by atoms with Crippen LogP contribution >= 0.6 is 23.3 Å². The summed E-state index contributed by atoms with van der Waals surface area (Å²) in [4.78, 5) is 4.43. The lowest BCUT2D eigenvalue weighted by Crippen LogP contribution is -2.34. The van der Waals surface area contributed by atoms with Crippen molar-refractivity contribution in [1.29, 1.82) is 0 Å². The number of hydrogen-bond acceptors (Lipinski definition) is 5. The minimum Gasteiger partial charge on any atom is -0.313 e. The predicted molar refractivity (Wildman–Crippen MR) is 70.2 cm³/mol. The first-order valence-corrected chi connectivity index (χ1v) is 7.65. The second-order valence-electron chi connectivity index (χ2n) is 4.26. The molecule has 16 heavy (non-hydrogen) atoms. The first-order valence-electron chi connectivity index (χ1n) is 6.00. The van der Waals surface area contributed by atoms with Crippen LogP contribution in [0.3, 0.4) is 0 Å². The highest BCUT2D eigenvalue weighted by atomic mass is 32.2. The molecule has 1 aliphatic rings. The summed E-state index contributed by atoms with van der Waals surface area (Å²) < 4.78 is 5.37. The van der Waals surface area contributed by atoms with Gasteiger partial charge in [-0.05, 0) is 44.3 Å². The number of nitrogens with one attached hydrogen (secondary N) is 1. The average Bonchev–Trinajstić information content (AvgIpc) is 2.86. The molecule has 5 heteroatoms. The molecule has 1 aromatic heterocycles. The monoisotopic (exact) mass is 257 g/mol. The SMILES string of the molecule is CCCNC1CCCC1Sc1nc(C)ns1. The molecule has 1 fully saturated rings. The molecule has 0 spiro atoms. The van der Waals surface area contributed by atoms with E-state index in [-0.39, 0.29) is 0 Å². The van der Waals surface area contributed by atoms with Crippen LogP contribution in [0.5, 0.6) is 0 Å². The maximum atomic E-state index is 4.43. The van der Waals surface area contributed by atoms with Crippen molar-refractivity contribution in [3.8, 4) is 0 Å². The minimum absolute atomic E-state index is 0.675. The van der Waals surface area contributed by atoms with Crippen molar-refractivity contribution in [1.82, 2.24) is 14.7 Å². The second kappa shape index (κ2) is 5.98. The molecule has 2 rings (SSSR count). The van der Waals surface area contributed by atoms with Crippen LogP contribution in [0.4, 0.5) is 0 Å². The van der Waals surface area contributed by atoms with Gasteiger partial charge in [-0.3, -0.25) is 0 Å². The summed E-state index contributed by atoms with van der Waals surface area (Å²) in [6, 6.07) is 0.675. The zero-order valence-electron chi connectivity index (χ0n) is 9.90. The van der Waals surface area contributed by atoms with Crippen molar-refractivity contribution in [2.24, 2.45) is 0 Å². The summed E-state index contributed by atoms with van der Waals surface area (Å²) in [6.07, 6.45) is 5.18. The first kappa shape index (κ1) is 12.3. The standard InChI is InChI=1S/C11H19N3S2/c1-3-7-12-9-5-4-6-10(9)15-11-13-8(2)14-16-11/h9-10,12H,3-7H2,1-2H3. The highest BCUT2D eigenvalue weighted by Crippen LogP contribution is 2.35. The zero-order valence-corrected chi connectivity index (χ0v) is 11.5. The van der Waals surface area contributed by atoms with Crippen LogP contribution in [-0.4, -0.2) is 27.2 Å². The van der Waals surface area contributed by atoms with E-state index in [2.05, 4.69) is 21.6 Å². The van der Waals surface area contributed by atoms with Crippen LogP contribution < -0.4 is 5.32 Å². The molecule has 2 atom stereocenters. The van der Waals surface area contributed by atoms with Crippen LogP contribution in [0.1, 0.15) is 38.4 Å². The molecule has 0 amide bonds. The second-order valence-corrected chi connectivity index (χ2v) is 6.49. The smallest absolute Gasteiger partial charge is 0.170 e. The van der Waals surface area contributed by atoms with Gasteiger partial charge < -0.3 is 5.32 Å². The van der Waals surface area contributed by atoms with Crippen molar-refractivity contribution in [2.45, 2.75) is 55.2 Å². The molecule has 0 saturated heterocycles. The van der Waals surface area contributed by atoms with Crippen molar-refractivity contribution in [2.75, 3.05) is 6.54 Å². The maximum absolute atomic E-state index is 4.43. The number of aromatic nitrogens is 2. The van der Waals surface area contributed by atoms with Crippen LogP contribution in [0, 0.1) is 6.92 Å². The molecule has 90 valence electrons. The van der Waals surface area contributed by atoms with E-state index in [1.165, 1.54) is 37.2 Å². The van der Waals surface area contributed by atoms with Crippen molar-refractivity contribution in [3.05, 3.63) is 5.82 Å². The van der Waals surface area contributed by atoms with Gasteiger partial charge in [-0.25, -0.2) is 4.98 Å². The van der Waals surface area contributed by atoms with Crippen molar-refractivity contribution >= 4 is 23.3 Å². The fraction of sp³-hybridized carbons (Fsp3) is 0.818. The molecule has 1 heterocycles. The van der Waals surface area contributed by atoms with E-state index in [0.717, 1.165) is 16.7 Å². The summed E-state index contributed by atoms with van der Waals surface area (Å²) in [5, 5.41) is 4.34. The lowest BCUT2D eigenvalue weighted by Gasteiger charge is -2.18. The summed E-state index contributed by atoms with van der Waals surface area (Å²) in [7, 11) is 0. The topological polar surface area (TPSA) is 37.8 Å². The van der Waals surface area contributed by atoms with Crippen molar-refractivity contribution in [3.63, 3.8) is 0 Å². The highest BCUT2D eigenvalue weighted by molar-refractivity contribution is 8.01. The molecular formula is C11H19N3S2. The van der Waals surface area contributed by atoms with Gasteiger partial charge in [0.1, 0.15) is 5.82 Å². The lowest BCUT2D eigenvalue weighted by atomic mass is 10.2. The number of aryl methyl sites for hydroxylation is 1. The maximum Gasteiger partial charge on any atom is 0.170 e. The van der Waals surface area contributed by atoms with E-state index in [1.54, 1.807) is 0 Å². The van der Waals surface area contributed by atoms with Crippen molar-refractivity contribution < 1.29 is 0 Å². The minimum atomic E-state index is 0.675. The van der Waals surface area contributed by atoms with E-state index in [1.807, 2.05) is 18.7 Å². The van der Waals surface area contributed by atoms with Gasteiger partial charge in [-0.15, -0.1) is 0 Å². The summed E-state index contributed by atoms with van der Waals surface area (Å²) in [5.41, 5.74) is 0. The Morgan fingerprint density at radius 1 is 1.50 bits per heavy atom. The summed E-state index contributed by atoms with van der Waals surface area (Å²) in [6.45, 7) is 5.32. The third-order valence-electron chi connectivity index (χ3n) is 2.87. The van der Waals surface area contributed by atoms with E-state index in [0.29, 0.717) is 11.3 Å². The molecule has 3 nitrogen and oxygen atoms in total.